The zero-order chi connectivity index (χ0) is 14.8. The molecule has 4 heteroatoms. The van der Waals surface area contributed by atoms with Gasteiger partial charge in [-0.25, -0.2) is 4.79 Å². The molecule has 0 radical (unpaired) electrons. The van der Waals surface area contributed by atoms with Gasteiger partial charge in [-0.15, -0.1) is 11.3 Å². The van der Waals surface area contributed by atoms with Gasteiger partial charge in [0.2, 0.25) is 0 Å². The van der Waals surface area contributed by atoms with Crippen LogP contribution in [0.3, 0.4) is 0 Å². The van der Waals surface area contributed by atoms with E-state index in [9.17, 15) is 4.79 Å². The molecule has 0 aliphatic rings. The summed E-state index contributed by atoms with van der Waals surface area (Å²) in [6.45, 7) is 0. The monoisotopic (exact) mass is 314 g/mol. The Morgan fingerprint density at radius 1 is 1.10 bits per heavy atom. The molecule has 0 saturated heterocycles. The molecule has 2 nitrogen and oxygen atoms in total. The maximum absolute atomic E-state index is 11.1. The van der Waals surface area contributed by atoms with E-state index in [1.165, 1.54) is 6.08 Å². The maximum Gasteiger partial charge on any atom is 0.328 e. The summed E-state index contributed by atoms with van der Waals surface area (Å²) in [7, 11) is 0. The standard InChI is InChI=1S/C17H11ClO2S/c18-13-6-7-15-12(8-13)9-16(21-15)14(10-17(19)20)11-4-2-1-3-5-11/h1-10H,(H,19,20)/b14-10-. The van der Waals surface area contributed by atoms with Gasteiger partial charge in [-0.05, 0) is 35.2 Å². The molecule has 0 atom stereocenters. The summed E-state index contributed by atoms with van der Waals surface area (Å²) >= 11 is 7.57. The highest BCUT2D eigenvalue weighted by Crippen LogP contribution is 2.35. The number of carbonyl (C=O) groups is 1. The van der Waals surface area contributed by atoms with Gasteiger partial charge in [0.25, 0.3) is 0 Å². The van der Waals surface area contributed by atoms with Gasteiger partial charge in [-0.2, -0.15) is 0 Å². The van der Waals surface area contributed by atoms with Crippen molar-refractivity contribution in [2.45, 2.75) is 0 Å². The summed E-state index contributed by atoms with van der Waals surface area (Å²) in [5.74, 6) is -0.954. The Labute approximate surface area is 130 Å². The van der Waals surface area contributed by atoms with Crippen molar-refractivity contribution in [2.75, 3.05) is 0 Å². The first-order valence-corrected chi connectivity index (χ1v) is 7.52. The second kappa shape index (κ2) is 5.72. The van der Waals surface area contributed by atoms with Crippen LogP contribution in [0.5, 0.6) is 0 Å². The normalized spacial score (nSPS) is 11.8. The predicted molar refractivity (Wildman–Crippen MR) is 88.0 cm³/mol. The topological polar surface area (TPSA) is 37.3 Å². The third-order valence-electron chi connectivity index (χ3n) is 3.10. The van der Waals surface area contributed by atoms with Crippen LogP contribution < -0.4 is 0 Å². The Morgan fingerprint density at radius 2 is 1.86 bits per heavy atom. The van der Waals surface area contributed by atoms with Gasteiger partial charge in [0, 0.05) is 26.2 Å². The number of rotatable bonds is 3. The lowest BCUT2D eigenvalue weighted by atomic mass is 10.0. The van der Waals surface area contributed by atoms with Crippen molar-refractivity contribution in [3.05, 3.63) is 76.1 Å². The van der Waals surface area contributed by atoms with Crippen molar-refractivity contribution in [2.24, 2.45) is 0 Å². The molecule has 21 heavy (non-hydrogen) atoms. The zero-order valence-electron chi connectivity index (χ0n) is 10.9. The van der Waals surface area contributed by atoms with E-state index in [0.29, 0.717) is 10.6 Å². The van der Waals surface area contributed by atoms with Gasteiger partial charge in [-0.3, -0.25) is 0 Å². The van der Waals surface area contributed by atoms with E-state index in [1.54, 1.807) is 11.3 Å². The number of hydrogen-bond acceptors (Lipinski definition) is 2. The molecule has 3 rings (SSSR count). The summed E-state index contributed by atoms with van der Waals surface area (Å²) < 4.78 is 1.08. The molecule has 0 spiro atoms. The SMILES string of the molecule is O=C(O)/C=C(/c1ccccc1)c1cc2cc(Cl)ccc2s1. The van der Waals surface area contributed by atoms with Crippen molar-refractivity contribution in [1.82, 2.24) is 0 Å². The minimum absolute atomic E-state index is 0.676. The van der Waals surface area contributed by atoms with E-state index in [4.69, 9.17) is 16.7 Å². The lowest BCUT2D eigenvalue weighted by molar-refractivity contribution is -0.131. The van der Waals surface area contributed by atoms with Crippen LogP contribution in [0.4, 0.5) is 0 Å². The van der Waals surface area contributed by atoms with Gasteiger partial charge in [0.05, 0.1) is 0 Å². The molecular formula is C17H11ClO2S. The van der Waals surface area contributed by atoms with Crippen LogP contribution in [0.2, 0.25) is 5.02 Å². The largest absolute Gasteiger partial charge is 0.478 e. The molecular weight excluding hydrogens is 304 g/mol. The van der Waals surface area contributed by atoms with E-state index >= 15 is 0 Å². The summed E-state index contributed by atoms with van der Waals surface area (Å²) in [5.41, 5.74) is 1.60. The number of halogens is 1. The van der Waals surface area contributed by atoms with Gasteiger partial charge >= 0.3 is 5.97 Å². The molecule has 104 valence electrons. The van der Waals surface area contributed by atoms with Crippen molar-refractivity contribution in [3.63, 3.8) is 0 Å². The van der Waals surface area contributed by atoms with E-state index in [2.05, 4.69) is 0 Å². The molecule has 1 heterocycles. The molecule has 1 aromatic heterocycles. The maximum atomic E-state index is 11.1. The third-order valence-corrected chi connectivity index (χ3v) is 4.48. The Balaban J connectivity index is 2.17. The molecule has 1 N–H and O–H groups in total. The van der Waals surface area contributed by atoms with Gasteiger partial charge in [0.1, 0.15) is 0 Å². The second-order valence-electron chi connectivity index (χ2n) is 4.56. The highest BCUT2D eigenvalue weighted by molar-refractivity contribution is 7.20. The Kier molecular flexibility index (Phi) is 3.78. The minimum atomic E-state index is -0.954. The third kappa shape index (κ3) is 2.99. The minimum Gasteiger partial charge on any atom is -0.478 e. The number of benzene rings is 2. The van der Waals surface area contributed by atoms with Crippen LogP contribution in [0.1, 0.15) is 10.4 Å². The lowest BCUT2D eigenvalue weighted by Gasteiger charge is -2.04. The van der Waals surface area contributed by atoms with E-state index in [0.717, 1.165) is 20.5 Å². The van der Waals surface area contributed by atoms with E-state index < -0.39 is 5.97 Å². The van der Waals surface area contributed by atoms with Crippen LogP contribution in [0.25, 0.3) is 15.7 Å². The van der Waals surface area contributed by atoms with Gasteiger partial charge in [-0.1, -0.05) is 41.9 Å². The Hall–Kier alpha value is -2.10. The molecule has 0 aliphatic carbocycles. The zero-order valence-corrected chi connectivity index (χ0v) is 12.5. The molecule has 0 amide bonds. The van der Waals surface area contributed by atoms with Crippen LogP contribution in [-0.4, -0.2) is 11.1 Å². The van der Waals surface area contributed by atoms with Crippen LogP contribution in [0, 0.1) is 0 Å². The first kappa shape index (κ1) is 13.9. The fourth-order valence-electron chi connectivity index (χ4n) is 2.18. The van der Waals surface area contributed by atoms with Gasteiger partial charge < -0.3 is 5.11 Å². The first-order chi connectivity index (χ1) is 10.1. The number of thiophene rings is 1. The summed E-state index contributed by atoms with van der Waals surface area (Å²) in [6.07, 6.45) is 1.25. The van der Waals surface area contributed by atoms with Crippen molar-refractivity contribution in [1.29, 1.82) is 0 Å². The molecule has 3 aromatic rings. The molecule has 0 saturated carbocycles. The van der Waals surface area contributed by atoms with Crippen molar-refractivity contribution in [3.8, 4) is 0 Å². The first-order valence-electron chi connectivity index (χ1n) is 6.33. The smallest absolute Gasteiger partial charge is 0.328 e. The molecule has 0 bridgehead atoms. The predicted octanol–water partition coefficient (Wildman–Crippen LogP) is 5.07. The molecule has 0 aliphatic heterocycles. The number of carboxylic acids is 1. The average molecular weight is 315 g/mol. The summed E-state index contributed by atoms with van der Waals surface area (Å²) in [4.78, 5) is 12.1. The fraction of sp³-hybridized carbons (Fsp3) is 0. The van der Waals surface area contributed by atoms with Crippen LogP contribution in [-0.2, 0) is 4.79 Å². The molecule has 2 aromatic carbocycles. The van der Waals surface area contributed by atoms with Crippen molar-refractivity contribution < 1.29 is 9.90 Å². The van der Waals surface area contributed by atoms with Gasteiger partial charge in [0.15, 0.2) is 0 Å². The fourth-order valence-corrected chi connectivity index (χ4v) is 3.45. The van der Waals surface area contributed by atoms with Crippen molar-refractivity contribution >= 4 is 44.6 Å². The molecule has 0 unspecified atom stereocenters. The summed E-state index contributed by atoms with van der Waals surface area (Å²) in [6, 6.07) is 17.2. The highest BCUT2D eigenvalue weighted by Gasteiger charge is 2.11. The van der Waals surface area contributed by atoms with Crippen LogP contribution >= 0.6 is 22.9 Å². The number of fused-ring (bicyclic) bond motifs is 1. The summed E-state index contributed by atoms with van der Waals surface area (Å²) in [5, 5.41) is 10.8. The Morgan fingerprint density at radius 3 is 2.57 bits per heavy atom. The molecule has 0 fully saturated rings. The van der Waals surface area contributed by atoms with Crippen LogP contribution in [0.15, 0.2) is 60.7 Å². The average Bonchev–Trinajstić information content (AvgIpc) is 2.88. The quantitative estimate of drug-likeness (QED) is 0.685. The highest BCUT2D eigenvalue weighted by atomic mass is 35.5. The van der Waals surface area contributed by atoms with E-state index in [-0.39, 0.29) is 0 Å². The number of aliphatic carboxylic acids is 1. The lowest BCUT2D eigenvalue weighted by Crippen LogP contribution is -1.92. The second-order valence-corrected chi connectivity index (χ2v) is 6.08. The number of carboxylic acid groups (broad SMARTS) is 1. The Bertz CT molecular complexity index is 834. The van der Waals surface area contributed by atoms with E-state index in [1.807, 2.05) is 54.6 Å². The number of hydrogen-bond donors (Lipinski definition) is 1.